The number of nitrogens with two attached hydrogens (primary N) is 1. The Kier molecular flexibility index (Phi) is 2.46. The molecule has 0 saturated heterocycles. The van der Waals surface area contributed by atoms with E-state index in [0.29, 0.717) is 16.5 Å². The zero-order chi connectivity index (χ0) is 11.0. The zero-order valence-electron chi connectivity index (χ0n) is 8.27. The topological polar surface area (TPSA) is 59.4 Å². The lowest BCUT2D eigenvalue weighted by Crippen LogP contribution is -2.24. The maximum Gasteiger partial charge on any atom is 0.169 e. The molecule has 0 aliphatic carbocycles. The number of hydrogen-bond donors (Lipinski definition) is 2. The van der Waals surface area contributed by atoms with Gasteiger partial charge in [-0.1, -0.05) is 6.07 Å². The van der Waals surface area contributed by atoms with Crippen molar-refractivity contribution in [2.45, 2.75) is 19.1 Å². The number of halogens is 1. The summed E-state index contributed by atoms with van der Waals surface area (Å²) in [4.78, 5) is 0. The fourth-order valence-corrected chi connectivity index (χ4v) is 1.50. The molecule has 0 amide bonds. The number of hydrogen-bond acceptors (Lipinski definition) is 3. The van der Waals surface area contributed by atoms with E-state index < -0.39 is 11.9 Å². The predicted molar refractivity (Wildman–Crippen MR) is 54.8 cm³/mol. The number of furan rings is 1. The fourth-order valence-electron chi connectivity index (χ4n) is 1.50. The third-order valence-electron chi connectivity index (χ3n) is 2.39. The van der Waals surface area contributed by atoms with Crippen LogP contribution in [-0.4, -0.2) is 11.1 Å². The summed E-state index contributed by atoms with van der Waals surface area (Å²) in [6, 6.07) is 4.46. The maximum atomic E-state index is 13.1. The first-order valence-electron chi connectivity index (χ1n) is 4.70. The van der Waals surface area contributed by atoms with Crippen LogP contribution in [-0.2, 0) is 0 Å². The summed E-state index contributed by atoms with van der Waals surface area (Å²) < 4.78 is 18.0. The third-order valence-corrected chi connectivity index (χ3v) is 2.39. The summed E-state index contributed by atoms with van der Waals surface area (Å²) >= 11 is 0. The van der Waals surface area contributed by atoms with Gasteiger partial charge in [0.25, 0.3) is 0 Å². The van der Waals surface area contributed by atoms with Crippen LogP contribution in [0.4, 0.5) is 4.39 Å². The van der Waals surface area contributed by atoms with Crippen molar-refractivity contribution in [1.82, 2.24) is 0 Å². The normalized spacial score (nSPS) is 15.5. The Balaban J connectivity index is 2.47. The van der Waals surface area contributed by atoms with Gasteiger partial charge in [0.15, 0.2) is 5.82 Å². The monoisotopic (exact) mass is 209 g/mol. The van der Waals surface area contributed by atoms with Crippen LogP contribution in [0.1, 0.15) is 18.6 Å². The van der Waals surface area contributed by atoms with Gasteiger partial charge in [-0.15, -0.1) is 0 Å². The first kappa shape index (κ1) is 10.1. The molecule has 4 heteroatoms. The molecule has 0 spiro atoms. The molecule has 0 saturated carbocycles. The molecular formula is C11H12FNO2. The number of fused-ring (bicyclic) bond motifs is 1. The van der Waals surface area contributed by atoms with Crippen molar-refractivity contribution < 1.29 is 13.9 Å². The zero-order valence-corrected chi connectivity index (χ0v) is 8.27. The summed E-state index contributed by atoms with van der Waals surface area (Å²) in [6.07, 6.45) is 0.287. The molecule has 2 aromatic rings. The Hall–Kier alpha value is -1.39. The van der Waals surface area contributed by atoms with Gasteiger partial charge in [0.05, 0.1) is 11.5 Å². The van der Waals surface area contributed by atoms with Crippen molar-refractivity contribution in [2.75, 3.05) is 0 Å². The van der Waals surface area contributed by atoms with Crippen molar-refractivity contribution in [2.24, 2.45) is 5.73 Å². The van der Waals surface area contributed by atoms with Crippen LogP contribution in [0.2, 0.25) is 0 Å². The minimum atomic E-state index is -0.762. The molecule has 0 radical (unpaired) electrons. The second-order valence-electron chi connectivity index (χ2n) is 3.64. The Morgan fingerprint density at radius 1 is 1.47 bits per heavy atom. The van der Waals surface area contributed by atoms with E-state index in [4.69, 9.17) is 10.2 Å². The maximum absolute atomic E-state index is 13.1. The lowest BCUT2D eigenvalue weighted by atomic mass is 10.0. The van der Waals surface area contributed by atoms with Crippen LogP contribution in [0.25, 0.3) is 11.0 Å². The molecule has 0 aliphatic rings. The average molecular weight is 209 g/mol. The van der Waals surface area contributed by atoms with E-state index in [0.717, 1.165) is 6.26 Å². The van der Waals surface area contributed by atoms with Crippen molar-refractivity contribution >= 4 is 11.0 Å². The largest absolute Gasteiger partial charge is 0.461 e. The van der Waals surface area contributed by atoms with Gasteiger partial charge in [0.1, 0.15) is 11.8 Å². The molecule has 0 aliphatic heterocycles. The van der Waals surface area contributed by atoms with E-state index in [9.17, 15) is 9.50 Å². The molecular weight excluding hydrogens is 197 g/mol. The molecule has 0 fully saturated rings. The quantitative estimate of drug-likeness (QED) is 0.794. The van der Waals surface area contributed by atoms with Crippen LogP contribution in [0.15, 0.2) is 28.9 Å². The van der Waals surface area contributed by atoms with Gasteiger partial charge in [-0.3, -0.25) is 0 Å². The highest BCUT2D eigenvalue weighted by Crippen LogP contribution is 2.24. The summed E-state index contributed by atoms with van der Waals surface area (Å²) in [6.45, 7) is 1.71. The van der Waals surface area contributed by atoms with Crippen LogP contribution in [0, 0.1) is 5.82 Å². The first-order chi connectivity index (χ1) is 7.09. The molecule has 3 N–H and O–H groups in total. The highest BCUT2D eigenvalue weighted by Gasteiger charge is 2.14. The SMILES string of the molecule is CC(N)C(O)c1ccc2c(F)coc2c1. The van der Waals surface area contributed by atoms with Crippen molar-refractivity contribution in [3.8, 4) is 0 Å². The van der Waals surface area contributed by atoms with E-state index in [-0.39, 0.29) is 6.04 Å². The van der Waals surface area contributed by atoms with Crippen LogP contribution >= 0.6 is 0 Å². The van der Waals surface area contributed by atoms with Gasteiger partial charge in [-0.2, -0.15) is 0 Å². The van der Waals surface area contributed by atoms with E-state index in [1.54, 1.807) is 25.1 Å². The second-order valence-corrected chi connectivity index (χ2v) is 3.64. The number of rotatable bonds is 2. The van der Waals surface area contributed by atoms with E-state index in [1.165, 1.54) is 0 Å². The predicted octanol–water partition coefficient (Wildman–Crippen LogP) is 1.95. The number of aliphatic hydroxyl groups excluding tert-OH is 1. The molecule has 2 rings (SSSR count). The Morgan fingerprint density at radius 2 is 2.20 bits per heavy atom. The average Bonchev–Trinajstić information content (AvgIpc) is 2.59. The summed E-state index contributed by atoms with van der Waals surface area (Å²) in [7, 11) is 0. The summed E-state index contributed by atoms with van der Waals surface area (Å²) in [5.74, 6) is -0.396. The molecule has 80 valence electrons. The van der Waals surface area contributed by atoms with Gasteiger partial charge in [-0.25, -0.2) is 4.39 Å². The van der Waals surface area contributed by atoms with Gasteiger partial charge in [-0.05, 0) is 24.6 Å². The molecule has 15 heavy (non-hydrogen) atoms. The third kappa shape index (κ3) is 1.73. The van der Waals surface area contributed by atoms with Gasteiger partial charge in [0, 0.05) is 6.04 Å². The van der Waals surface area contributed by atoms with Gasteiger partial charge in [0.2, 0.25) is 0 Å². The molecule has 2 atom stereocenters. The number of aliphatic hydroxyl groups is 1. The fraction of sp³-hybridized carbons (Fsp3) is 0.273. The van der Waals surface area contributed by atoms with E-state index >= 15 is 0 Å². The molecule has 1 heterocycles. The molecule has 2 unspecified atom stereocenters. The standard InChI is InChI=1S/C11H12FNO2/c1-6(13)11(14)7-2-3-8-9(12)5-15-10(8)4-7/h2-6,11,14H,13H2,1H3. The lowest BCUT2D eigenvalue weighted by Gasteiger charge is -2.14. The highest BCUT2D eigenvalue weighted by atomic mass is 19.1. The molecule has 0 bridgehead atoms. The van der Waals surface area contributed by atoms with E-state index in [2.05, 4.69) is 0 Å². The number of benzene rings is 1. The minimum Gasteiger partial charge on any atom is -0.461 e. The second kappa shape index (κ2) is 3.64. The van der Waals surface area contributed by atoms with Gasteiger partial charge < -0.3 is 15.3 Å². The van der Waals surface area contributed by atoms with Crippen molar-refractivity contribution in [1.29, 1.82) is 0 Å². The van der Waals surface area contributed by atoms with Crippen LogP contribution in [0.3, 0.4) is 0 Å². The molecule has 3 nitrogen and oxygen atoms in total. The summed E-state index contributed by atoms with van der Waals surface area (Å²) in [5.41, 5.74) is 6.61. The minimum absolute atomic E-state index is 0.373. The first-order valence-corrected chi connectivity index (χ1v) is 4.70. The smallest absolute Gasteiger partial charge is 0.169 e. The van der Waals surface area contributed by atoms with Crippen LogP contribution in [0.5, 0.6) is 0 Å². The van der Waals surface area contributed by atoms with Crippen LogP contribution < -0.4 is 5.73 Å². The molecule has 1 aromatic heterocycles. The lowest BCUT2D eigenvalue weighted by molar-refractivity contribution is 0.153. The molecule has 1 aromatic carbocycles. The Labute approximate surface area is 86.3 Å². The van der Waals surface area contributed by atoms with Crippen molar-refractivity contribution in [3.05, 3.63) is 35.8 Å². The Morgan fingerprint density at radius 3 is 2.87 bits per heavy atom. The summed E-state index contributed by atoms with van der Waals surface area (Å²) in [5, 5.41) is 10.1. The van der Waals surface area contributed by atoms with E-state index in [1.807, 2.05) is 0 Å². The highest BCUT2D eigenvalue weighted by molar-refractivity contribution is 5.78. The van der Waals surface area contributed by atoms with Crippen molar-refractivity contribution in [3.63, 3.8) is 0 Å². The Bertz CT molecular complexity index is 478. The van der Waals surface area contributed by atoms with Gasteiger partial charge >= 0.3 is 0 Å².